The van der Waals surface area contributed by atoms with Gasteiger partial charge in [-0.2, -0.15) is 0 Å². The monoisotopic (exact) mass is 359 g/mol. The first-order valence-corrected chi connectivity index (χ1v) is 9.62. The molecule has 0 unspecified atom stereocenters. The minimum atomic E-state index is -0.00777. The smallest absolute Gasteiger partial charge is 0.254 e. The number of aliphatic hydroxyl groups excluding tert-OH is 1. The Morgan fingerprint density at radius 1 is 1.44 bits per heavy atom. The summed E-state index contributed by atoms with van der Waals surface area (Å²) < 4.78 is 0. The minimum absolute atomic E-state index is 0.00777. The fourth-order valence-electron chi connectivity index (χ4n) is 3.14. The first kappa shape index (κ1) is 18.0. The number of carbonyl (C=O) groups is 1. The van der Waals surface area contributed by atoms with Crippen LogP contribution in [0.4, 0.5) is 0 Å². The summed E-state index contributed by atoms with van der Waals surface area (Å²) in [5.74, 6) is 0.0109. The van der Waals surface area contributed by atoms with E-state index in [0.29, 0.717) is 6.54 Å². The van der Waals surface area contributed by atoms with E-state index < -0.39 is 0 Å². The maximum atomic E-state index is 12.5. The molecule has 0 atom stereocenters. The van der Waals surface area contributed by atoms with E-state index in [-0.39, 0.29) is 12.5 Å². The molecule has 0 radical (unpaired) electrons. The molecule has 2 aromatic heterocycles. The lowest BCUT2D eigenvalue weighted by Gasteiger charge is -2.27. The standard InChI is InChI=1S/C19H25N3O2S/c1-3-14-4-5-15(20-10-14)11-22-7-6-16-17(13-25-18(16)12-22)19(24)21(2)8-9-23/h4-5,10,13,23H,3,6-9,11-12H2,1-2H3. The third-order valence-corrected chi connectivity index (χ3v) is 5.73. The van der Waals surface area contributed by atoms with E-state index in [1.165, 1.54) is 16.0 Å². The molecule has 0 aromatic carbocycles. The van der Waals surface area contributed by atoms with Crippen LogP contribution in [0, 0.1) is 0 Å². The van der Waals surface area contributed by atoms with Crippen LogP contribution in [0.15, 0.2) is 23.7 Å². The maximum absolute atomic E-state index is 12.5. The average molecular weight is 359 g/mol. The highest BCUT2D eigenvalue weighted by molar-refractivity contribution is 7.10. The zero-order chi connectivity index (χ0) is 17.8. The predicted molar refractivity (Wildman–Crippen MR) is 99.8 cm³/mol. The molecule has 3 rings (SSSR count). The molecular weight excluding hydrogens is 334 g/mol. The lowest BCUT2D eigenvalue weighted by molar-refractivity contribution is 0.0765. The van der Waals surface area contributed by atoms with Crippen molar-refractivity contribution in [2.24, 2.45) is 0 Å². The molecule has 0 bridgehead atoms. The van der Waals surface area contributed by atoms with Gasteiger partial charge in [0.1, 0.15) is 0 Å². The van der Waals surface area contributed by atoms with E-state index in [4.69, 9.17) is 5.11 Å². The van der Waals surface area contributed by atoms with Crippen LogP contribution < -0.4 is 0 Å². The van der Waals surface area contributed by atoms with Crippen molar-refractivity contribution in [1.29, 1.82) is 0 Å². The lowest BCUT2D eigenvalue weighted by Crippen LogP contribution is -2.33. The summed E-state index contributed by atoms with van der Waals surface area (Å²) in [6.07, 6.45) is 3.86. The summed E-state index contributed by atoms with van der Waals surface area (Å²) in [6, 6.07) is 4.26. The molecule has 0 spiro atoms. The number of carbonyl (C=O) groups excluding carboxylic acids is 1. The maximum Gasteiger partial charge on any atom is 0.254 e. The minimum Gasteiger partial charge on any atom is -0.395 e. The molecular formula is C19H25N3O2S. The topological polar surface area (TPSA) is 56.7 Å². The van der Waals surface area contributed by atoms with Crippen LogP contribution in [0.2, 0.25) is 0 Å². The Bertz CT molecular complexity index is 727. The van der Waals surface area contributed by atoms with Gasteiger partial charge in [-0.3, -0.25) is 14.7 Å². The van der Waals surface area contributed by atoms with E-state index in [0.717, 1.165) is 43.7 Å². The molecule has 5 nitrogen and oxygen atoms in total. The van der Waals surface area contributed by atoms with Gasteiger partial charge in [0.15, 0.2) is 0 Å². The number of nitrogens with zero attached hydrogens (tertiary/aromatic N) is 3. The van der Waals surface area contributed by atoms with Crippen LogP contribution >= 0.6 is 11.3 Å². The number of thiophene rings is 1. The number of aliphatic hydroxyl groups is 1. The Morgan fingerprint density at radius 2 is 2.28 bits per heavy atom. The van der Waals surface area contributed by atoms with Crippen LogP contribution in [0.5, 0.6) is 0 Å². The first-order valence-electron chi connectivity index (χ1n) is 8.74. The summed E-state index contributed by atoms with van der Waals surface area (Å²) in [5.41, 5.74) is 4.35. The van der Waals surface area contributed by atoms with Gasteiger partial charge in [-0.1, -0.05) is 13.0 Å². The Balaban J connectivity index is 1.67. The van der Waals surface area contributed by atoms with Crippen molar-refractivity contribution in [3.05, 3.63) is 51.0 Å². The molecule has 1 N–H and O–H groups in total. The second-order valence-electron chi connectivity index (χ2n) is 6.47. The fourth-order valence-corrected chi connectivity index (χ4v) is 4.25. The molecule has 0 saturated carbocycles. The number of hydrogen-bond donors (Lipinski definition) is 1. The van der Waals surface area contributed by atoms with Gasteiger partial charge >= 0.3 is 0 Å². The number of amides is 1. The highest BCUT2D eigenvalue weighted by Crippen LogP contribution is 2.30. The van der Waals surface area contributed by atoms with Crippen LogP contribution in [-0.4, -0.2) is 52.5 Å². The molecule has 1 aliphatic heterocycles. The summed E-state index contributed by atoms with van der Waals surface area (Å²) in [7, 11) is 1.74. The van der Waals surface area contributed by atoms with Gasteiger partial charge in [0.25, 0.3) is 5.91 Å². The average Bonchev–Trinajstić information content (AvgIpc) is 3.05. The largest absolute Gasteiger partial charge is 0.395 e. The first-order chi connectivity index (χ1) is 12.1. The summed E-state index contributed by atoms with van der Waals surface area (Å²) in [5, 5.41) is 11.0. The zero-order valence-corrected chi connectivity index (χ0v) is 15.7. The number of hydrogen-bond acceptors (Lipinski definition) is 5. The van der Waals surface area contributed by atoms with Gasteiger partial charge in [0.05, 0.1) is 17.9 Å². The number of aromatic nitrogens is 1. The molecule has 25 heavy (non-hydrogen) atoms. The lowest BCUT2D eigenvalue weighted by atomic mass is 10.0. The molecule has 134 valence electrons. The van der Waals surface area contributed by atoms with Gasteiger partial charge < -0.3 is 10.0 Å². The molecule has 1 amide bonds. The Morgan fingerprint density at radius 3 is 2.96 bits per heavy atom. The molecule has 1 aliphatic rings. The van der Waals surface area contributed by atoms with E-state index in [1.807, 2.05) is 11.6 Å². The van der Waals surface area contributed by atoms with Crippen LogP contribution in [-0.2, 0) is 25.9 Å². The number of rotatable bonds is 6. The molecule has 0 aliphatic carbocycles. The Labute approximate surface area is 152 Å². The van der Waals surface area contributed by atoms with Crippen molar-refractivity contribution in [2.45, 2.75) is 32.9 Å². The van der Waals surface area contributed by atoms with E-state index >= 15 is 0 Å². The number of pyridine rings is 1. The van der Waals surface area contributed by atoms with Crippen molar-refractivity contribution in [3.8, 4) is 0 Å². The van der Waals surface area contributed by atoms with Gasteiger partial charge in [-0.25, -0.2) is 0 Å². The van der Waals surface area contributed by atoms with Crippen LogP contribution in [0.3, 0.4) is 0 Å². The van der Waals surface area contributed by atoms with Crippen molar-refractivity contribution >= 4 is 17.2 Å². The predicted octanol–water partition coefficient (Wildman–Crippen LogP) is 2.33. The van der Waals surface area contributed by atoms with Crippen molar-refractivity contribution in [3.63, 3.8) is 0 Å². The van der Waals surface area contributed by atoms with Gasteiger partial charge in [-0.05, 0) is 30.0 Å². The summed E-state index contributed by atoms with van der Waals surface area (Å²) in [6.45, 7) is 5.14. The third kappa shape index (κ3) is 4.08. The van der Waals surface area contributed by atoms with Crippen molar-refractivity contribution in [1.82, 2.24) is 14.8 Å². The van der Waals surface area contributed by atoms with Gasteiger partial charge in [-0.15, -0.1) is 11.3 Å². The summed E-state index contributed by atoms with van der Waals surface area (Å²) >= 11 is 1.66. The number of aryl methyl sites for hydroxylation is 1. The second-order valence-corrected chi connectivity index (χ2v) is 7.44. The molecule has 2 aromatic rings. The Kier molecular flexibility index (Phi) is 5.83. The molecule has 0 saturated heterocycles. The number of likely N-dealkylation sites (N-methyl/N-ethyl adjacent to an activating group) is 1. The zero-order valence-electron chi connectivity index (χ0n) is 14.9. The normalized spacial score (nSPS) is 14.4. The SMILES string of the molecule is CCc1ccc(CN2CCc3c(C(=O)N(C)CCO)csc3C2)nc1. The fraction of sp³-hybridized carbons (Fsp3) is 0.474. The van der Waals surface area contributed by atoms with E-state index in [2.05, 4.69) is 28.9 Å². The van der Waals surface area contributed by atoms with Crippen LogP contribution in [0.1, 0.15) is 39.0 Å². The summed E-state index contributed by atoms with van der Waals surface area (Å²) in [4.78, 5) is 22.3. The molecule has 0 fully saturated rings. The molecule has 3 heterocycles. The quantitative estimate of drug-likeness (QED) is 0.860. The van der Waals surface area contributed by atoms with Gasteiger partial charge in [0.2, 0.25) is 0 Å². The van der Waals surface area contributed by atoms with E-state index in [9.17, 15) is 4.79 Å². The van der Waals surface area contributed by atoms with Gasteiger partial charge in [0, 0.05) is 49.7 Å². The number of fused-ring (bicyclic) bond motifs is 1. The van der Waals surface area contributed by atoms with Crippen molar-refractivity contribution in [2.75, 3.05) is 26.7 Å². The van der Waals surface area contributed by atoms with Crippen molar-refractivity contribution < 1.29 is 9.90 Å². The molecule has 6 heteroatoms. The van der Waals surface area contributed by atoms with Crippen LogP contribution in [0.25, 0.3) is 0 Å². The highest BCUT2D eigenvalue weighted by Gasteiger charge is 2.25. The third-order valence-electron chi connectivity index (χ3n) is 4.72. The second kappa shape index (κ2) is 8.08. The van der Waals surface area contributed by atoms with E-state index in [1.54, 1.807) is 23.3 Å². The highest BCUT2D eigenvalue weighted by atomic mass is 32.1. The Hall–Kier alpha value is -1.76.